The number of hydrogen-bond donors (Lipinski definition) is 3. The van der Waals surface area contributed by atoms with E-state index in [4.69, 9.17) is 0 Å². The summed E-state index contributed by atoms with van der Waals surface area (Å²) in [5.74, 6) is 2.32. The number of carbonyl (C=O) groups is 1. The zero-order valence-electron chi connectivity index (χ0n) is 16.2. The molecular weight excluding hydrogens is 324 g/mol. The highest BCUT2D eigenvalue weighted by molar-refractivity contribution is 5.73. The Balaban J connectivity index is 1.00. The number of aliphatic hydroxyl groups is 1. The summed E-state index contributed by atoms with van der Waals surface area (Å²) in [4.78, 5) is 12.1. The maximum atomic E-state index is 12.1. The van der Waals surface area contributed by atoms with Gasteiger partial charge in [0.2, 0.25) is 0 Å². The van der Waals surface area contributed by atoms with Crippen molar-refractivity contribution >= 4 is 6.03 Å². The van der Waals surface area contributed by atoms with Gasteiger partial charge in [0.15, 0.2) is 0 Å². The molecule has 146 valence electrons. The minimum absolute atomic E-state index is 0.00567. The van der Waals surface area contributed by atoms with Gasteiger partial charge in [-0.25, -0.2) is 4.79 Å². The van der Waals surface area contributed by atoms with Gasteiger partial charge in [0.05, 0.1) is 5.60 Å². The van der Waals surface area contributed by atoms with Gasteiger partial charge in [-0.2, -0.15) is 0 Å². The lowest BCUT2D eigenvalue weighted by molar-refractivity contribution is -0.165. The zero-order chi connectivity index (χ0) is 17.8. The van der Waals surface area contributed by atoms with E-state index < -0.39 is 0 Å². The highest BCUT2D eigenvalue weighted by Gasteiger charge is 2.56. The van der Waals surface area contributed by atoms with E-state index >= 15 is 0 Å². The fourth-order valence-electron chi connectivity index (χ4n) is 8.04. The molecule has 4 bridgehead atoms. The van der Waals surface area contributed by atoms with Gasteiger partial charge in [-0.3, -0.25) is 0 Å². The van der Waals surface area contributed by atoms with E-state index in [-0.39, 0.29) is 11.6 Å². The summed E-state index contributed by atoms with van der Waals surface area (Å²) in [6.07, 6.45) is 16.3. The van der Waals surface area contributed by atoms with Crippen LogP contribution in [0.25, 0.3) is 0 Å². The first-order valence-corrected chi connectivity index (χ1v) is 11.2. The third-order valence-electron chi connectivity index (χ3n) is 8.79. The molecule has 0 saturated heterocycles. The molecule has 3 N–H and O–H groups in total. The first kappa shape index (κ1) is 17.3. The summed E-state index contributed by atoms with van der Waals surface area (Å²) in [5.41, 5.74) is 0.664. The van der Waals surface area contributed by atoms with E-state index in [9.17, 15) is 9.90 Å². The van der Waals surface area contributed by atoms with E-state index in [2.05, 4.69) is 10.6 Å². The second kappa shape index (κ2) is 6.12. The number of carbonyl (C=O) groups excluding carboxylic acids is 1. The zero-order valence-corrected chi connectivity index (χ0v) is 16.2. The van der Waals surface area contributed by atoms with Crippen molar-refractivity contribution in [1.82, 2.24) is 10.6 Å². The van der Waals surface area contributed by atoms with Gasteiger partial charge in [0.1, 0.15) is 0 Å². The lowest BCUT2D eigenvalue weighted by atomic mass is 9.47. The van der Waals surface area contributed by atoms with Gasteiger partial charge in [-0.15, -0.1) is 0 Å². The average Bonchev–Trinajstić information content (AvgIpc) is 2.44. The molecule has 6 saturated carbocycles. The van der Waals surface area contributed by atoms with Crippen molar-refractivity contribution in [3.63, 3.8) is 0 Å². The smallest absolute Gasteiger partial charge is 0.314 e. The van der Waals surface area contributed by atoms with Crippen LogP contribution in [0.1, 0.15) is 83.5 Å². The monoisotopic (exact) mass is 360 g/mol. The lowest BCUT2D eigenvalue weighted by Gasteiger charge is -2.60. The number of nitrogens with one attached hydrogen (secondary N) is 2. The van der Waals surface area contributed by atoms with E-state index in [0.717, 1.165) is 68.4 Å². The maximum absolute atomic E-state index is 12.1. The molecule has 4 nitrogen and oxygen atoms in total. The molecule has 26 heavy (non-hydrogen) atoms. The van der Waals surface area contributed by atoms with Crippen LogP contribution in [-0.4, -0.2) is 29.8 Å². The Kier molecular flexibility index (Phi) is 4.08. The second-order valence-corrected chi connectivity index (χ2v) is 11.0. The van der Waals surface area contributed by atoms with Crippen molar-refractivity contribution in [3.05, 3.63) is 0 Å². The standard InChI is InChI=1S/C22H36N2O2/c25-19(23-6-2-16-9-20(10-16)3-1-4-20)24-7-5-21-11-17-8-18(12-21)14-22(26,13-17)15-21/h16-18,26H,1-15H2,(H2,23,24,25). The Hall–Kier alpha value is -0.770. The Bertz CT molecular complexity index is 548. The topological polar surface area (TPSA) is 61.4 Å². The molecule has 4 heteroatoms. The van der Waals surface area contributed by atoms with Crippen molar-refractivity contribution in [2.24, 2.45) is 28.6 Å². The molecule has 6 aliphatic carbocycles. The van der Waals surface area contributed by atoms with Crippen LogP contribution in [0.5, 0.6) is 0 Å². The quantitative estimate of drug-likeness (QED) is 0.671. The Morgan fingerprint density at radius 1 is 0.962 bits per heavy atom. The number of amides is 2. The van der Waals surface area contributed by atoms with Crippen molar-refractivity contribution < 1.29 is 9.90 Å². The normalized spacial score (nSPS) is 42.3. The van der Waals surface area contributed by atoms with Gasteiger partial charge in [0.25, 0.3) is 0 Å². The summed E-state index contributed by atoms with van der Waals surface area (Å²) in [7, 11) is 0. The van der Waals surface area contributed by atoms with Crippen molar-refractivity contribution in [2.45, 2.75) is 89.1 Å². The van der Waals surface area contributed by atoms with Crippen LogP contribution in [0.2, 0.25) is 0 Å². The molecule has 6 rings (SSSR count). The van der Waals surface area contributed by atoms with Crippen LogP contribution in [0.3, 0.4) is 0 Å². The van der Waals surface area contributed by atoms with Crippen LogP contribution >= 0.6 is 0 Å². The highest BCUT2D eigenvalue weighted by atomic mass is 16.3. The fraction of sp³-hybridized carbons (Fsp3) is 0.955. The largest absolute Gasteiger partial charge is 0.390 e. The Labute approximate surface area is 157 Å². The molecule has 2 unspecified atom stereocenters. The van der Waals surface area contributed by atoms with Gasteiger partial charge in [0, 0.05) is 13.1 Å². The molecule has 2 atom stereocenters. The van der Waals surface area contributed by atoms with Crippen LogP contribution in [0.15, 0.2) is 0 Å². The van der Waals surface area contributed by atoms with E-state index in [1.165, 1.54) is 51.4 Å². The summed E-state index contributed by atoms with van der Waals surface area (Å²) < 4.78 is 0. The molecule has 0 heterocycles. The molecule has 0 aromatic heterocycles. The van der Waals surface area contributed by atoms with Crippen LogP contribution in [-0.2, 0) is 0 Å². The minimum atomic E-state index is -0.382. The third kappa shape index (κ3) is 3.16. The molecule has 1 spiro atoms. The van der Waals surface area contributed by atoms with Crippen LogP contribution in [0.4, 0.5) is 4.79 Å². The van der Waals surface area contributed by atoms with Crippen molar-refractivity contribution in [3.8, 4) is 0 Å². The second-order valence-electron chi connectivity index (χ2n) is 11.0. The molecule has 2 amide bonds. The van der Waals surface area contributed by atoms with Crippen molar-refractivity contribution in [1.29, 1.82) is 0 Å². The number of hydrogen-bond acceptors (Lipinski definition) is 2. The Morgan fingerprint density at radius 3 is 2.27 bits per heavy atom. The molecule has 0 aliphatic heterocycles. The molecular formula is C22H36N2O2. The minimum Gasteiger partial charge on any atom is -0.390 e. The maximum Gasteiger partial charge on any atom is 0.314 e. The van der Waals surface area contributed by atoms with E-state index in [1.807, 2.05) is 0 Å². The first-order valence-electron chi connectivity index (χ1n) is 11.2. The molecule has 0 aromatic rings. The average molecular weight is 361 g/mol. The number of urea groups is 1. The van der Waals surface area contributed by atoms with Gasteiger partial charge in [-0.05, 0) is 106 Å². The summed E-state index contributed by atoms with van der Waals surface area (Å²) in [5, 5.41) is 17.0. The van der Waals surface area contributed by atoms with Gasteiger partial charge in [-0.1, -0.05) is 6.42 Å². The fourth-order valence-corrected chi connectivity index (χ4v) is 8.04. The van der Waals surface area contributed by atoms with Gasteiger partial charge >= 0.3 is 6.03 Å². The molecule has 0 radical (unpaired) electrons. The number of rotatable bonds is 6. The van der Waals surface area contributed by atoms with Crippen LogP contribution < -0.4 is 10.6 Å². The summed E-state index contributed by atoms with van der Waals surface area (Å²) in [6, 6.07) is 0.00567. The van der Waals surface area contributed by atoms with Crippen LogP contribution in [0, 0.1) is 28.6 Å². The predicted molar refractivity (Wildman–Crippen MR) is 102 cm³/mol. The summed E-state index contributed by atoms with van der Waals surface area (Å²) >= 11 is 0. The first-order chi connectivity index (χ1) is 12.5. The molecule has 6 fully saturated rings. The molecule has 0 aromatic carbocycles. The SMILES string of the molecule is O=C(NCCC1CC2(CCC2)C1)NCCC12CC3CC(CC(O)(C3)C1)C2. The van der Waals surface area contributed by atoms with Crippen molar-refractivity contribution in [2.75, 3.05) is 13.1 Å². The highest BCUT2D eigenvalue weighted by Crippen LogP contribution is 2.62. The lowest BCUT2D eigenvalue weighted by Crippen LogP contribution is -2.56. The van der Waals surface area contributed by atoms with Gasteiger partial charge < -0.3 is 15.7 Å². The van der Waals surface area contributed by atoms with E-state index in [1.54, 1.807) is 0 Å². The third-order valence-corrected chi connectivity index (χ3v) is 8.79. The Morgan fingerprint density at radius 2 is 1.65 bits per heavy atom. The predicted octanol–water partition coefficient (Wildman–Crippen LogP) is 3.98. The van der Waals surface area contributed by atoms with E-state index in [0.29, 0.717) is 5.41 Å². The molecule has 6 aliphatic rings. The summed E-state index contributed by atoms with van der Waals surface area (Å²) in [6.45, 7) is 1.58.